The highest BCUT2D eigenvalue weighted by atomic mass is 35.5. The summed E-state index contributed by atoms with van der Waals surface area (Å²) < 4.78 is 28.9. The van der Waals surface area contributed by atoms with Crippen LogP contribution in [0.15, 0.2) is 114 Å². The van der Waals surface area contributed by atoms with Crippen LogP contribution in [-0.4, -0.2) is 44.8 Å². The highest BCUT2D eigenvalue weighted by Crippen LogP contribution is 2.26. The molecule has 0 saturated carbocycles. The van der Waals surface area contributed by atoms with Crippen LogP contribution in [0.1, 0.15) is 16.7 Å². The summed E-state index contributed by atoms with van der Waals surface area (Å²) in [6, 6.07) is 30.4. The average molecular weight is 590 g/mol. The summed E-state index contributed by atoms with van der Waals surface area (Å²) in [5.41, 5.74) is 3.01. The number of carbonyl (C=O) groups excluding carboxylic acids is 2. The van der Waals surface area contributed by atoms with Gasteiger partial charge in [-0.05, 0) is 60.0 Å². The van der Waals surface area contributed by atoms with E-state index in [1.807, 2.05) is 61.5 Å². The van der Waals surface area contributed by atoms with Crippen LogP contribution in [0.5, 0.6) is 0 Å². The van der Waals surface area contributed by atoms with Gasteiger partial charge in [0.1, 0.15) is 12.6 Å². The zero-order valence-corrected chi connectivity index (χ0v) is 24.5. The van der Waals surface area contributed by atoms with Crippen LogP contribution in [0.25, 0.3) is 0 Å². The molecule has 9 heteroatoms. The second-order valence-corrected chi connectivity index (χ2v) is 11.9. The van der Waals surface area contributed by atoms with Gasteiger partial charge in [-0.2, -0.15) is 0 Å². The standard InChI is InChI=1S/C32H32ClN3O4S/c1-24-11-9-10-14-26(24)22-35(30(32(38)34-2)21-25-12-5-3-6-13-25)31(37)23-36(28-15-7-4-8-16-28)41(39,40)29-19-17-27(33)18-20-29/h3-20,30H,21-23H2,1-2H3,(H,34,38)/t30-/m1/s1. The lowest BCUT2D eigenvalue weighted by Gasteiger charge is -2.34. The molecule has 0 spiro atoms. The smallest absolute Gasteiger partial charge is 0.264 e. The fourth-order valence-electron chi connectivity index (χ4n) is 4.55. The van der Waals surface area contributed by atoms with Crippen molar-refractivity contribution in [3.05, 3.63) is 131 Å². The van der Waals surface area contributed by atoms with Crippen LogP contribution in [0.2, 0.25) is 5.02 Å². The molecule has 0 bridgehead atoms. The first kappa shape index (κ1) is 29.8. The first-order valence-electron chi connectivity index (χ1n) is 13.1. The number of hydrogen-bond donors (Lipinski definition) is 1. The van der Waals surface area contributed by atoms with Crippen LogP contribution in [0, 0.1) is 6.92 Å². The SMILES string of the molecule is CNC(=O)[C@@H](Cc1ccccc1)N(Cc1ccccc1C)C(=O)CN(c1ccccc1)S(=O)(=O)c1ccc(Cl)cc1. The third-order valence-corrected chi connectivity index (χ3v) is 8.88. The molecule has 7 nitrogen and oxygen atoms in total. The summed E-state index contributed by atoms with van der Waals surface area (Å²) in [7, 11) is -2.64. The van der Waals surface area contributed by atoms with Crippen LogP contribution in [0.3, 0.4) is 0 Å². The number of nitrogens with zero attached hydrogens (tertiary/aromatic N) is 2. The molecule has 0 aliphatic rings. The van der Waals surface area contributed by atoms with Gasteiger partial charge in [-0.15, -0.1) is 0 Å². The van der Waals surface area contributed by atoms with Crippen molar-refractivity contribution < 1.29 is 18.0 Å². The molecule has 2 amide bonds. The Morgan fingerprint density at radius 1 is 0.829 bits per heavy atom. The third kappa shape index (κ3) is 7.34. The molecule has 0 aliphatic heterocycles. The molecule has 212 valence electrons. The van der Waals surface area contributed by atoms with Crippen molar-refractivity contribution in [2.75, 3.05) is 17.9 Å². The van der Waals surface area contributed by atoms with E-state index < -0.39 is 28.5 Å². The van der Waals surface area contributed by atoms with Crippen molar-refractivity contribution in [1.82, 2.24) is 10.2 Å². The molecule has 4 aromatic carbocycles. The quantitative estimate of drug-likeness (QED) is 0.260. The maximum absolute atomic E-state index is 14.2. The lowest BCUT2D eigenvalue weighted by atomic mass is 10.0. The molecule has 41 heavy (non-hydrogen) atoms. The molecule has 1 N–H and O–H groups in total. The molecule has 4 aromatic rings. The number of benzene rings is 4. The van der Waals surface area contributed by atoms with Gasteiger partial charge >= 0.3 is 0 Å². The highest BCUT2D eigenvalue weighted by Gasteiger charge is 2.34. The van der Waals surface area contributed by atoms with Crippen molar-refractivity contribution in [1.29, 1.82) is 0 Å². The Bertz CT molecular complexity index is 1580. The Hall–Kier alpha value is -4.14. The van der Waals surface area contributed by atoms with Gasteiger partial charge in [0, 0.05) is 25.0 Å². The molecule has 0 heterocycles. The van der Waals surface area contributed by atoms with Crippen molar-refractivity contribution in [2.24, 2.45) is 0 Å². The van der Waals surface area contributed by atoms with Gasteiger partial charge in [-0.1, -0.05) is 84.4 Å². The lowest BCUT2D eigenvalue weighted by Crippen LogP contribution is -2.53. The number of hydrogen-bond acceptors (Lipinski definition) is 4. The maximum atomic E-state index is 14.2. The number of sulfonamides is 1. The maximum Gasteiger partial charge on any atom is 0.264 e. The van der Waals surface area contributed by atoms with Gasteiger partial charge in [-0.3, -0.25) is 13.9 Å². The van der Waals surface area contributed by atoms with Crippen molar-refractivity contribution in [3.63, 3.8) is 0 Å². The van der Waals surface area contributed by atoms with Gasteiger partial charge in [0.05, 0.1) is 10.6 Å². The normalized spacial score (nSPS) is 11.9. The number of rotatable bonds is 11. The van der Waals surface area contributed by atoms with E-state index in [1.165, 1.54) is 36.2 Å². The minimum absolute atomic E-state index is 0.00357. The van der Waals surface area contributed by atoms with Gasteiger partial charge < -0.3 is 10.2 Å². The van der Waals surface area contributed by atoms with Gasteiger partial charge in [0.25, 0.3) is 10.0 Å². The van der Waals surface area contributed by atoms with Crippen molar-refractivity contribution in [3.8, 4) is 0 Å². The number of para-hydroxylation sites is 1. The van der Waals surface area contributed by atoms with E-state index in [2.05, 4.69) is 5.32 Å². The minimum atomic E-state index is -4.16. The fraction of sp³-hybridized carbons (Fsp3) is 0.188. The molecular formula is C32H32ClN3O4S. The molecule has 0 saturated heterocycles. The third-order valence-electron chi connectivity index (χ3n) is 6.84. The molecular weight excluding hydrogens is 558 g/mol. The van der Waals surface area contributed by atoms with E-state index in [1.54, 1.807) is 30.3 Å². The van der Waals surface area contributed by atoms with Gasteiger partial charge in [-0.25, -0.2) is 8.42 Å². The largest absolute Gasteiger partial charge is 0.357 e. The van der Waals surface area contributed by atoms with E-state index >= 15 is 0 Å². The zero-order valence-electron chi connectivity index (χ0n) is 22.9. The Kier molecular flexibility index (Phi) is 9.81. The summed E-state index contributed by atoms with van der Waals surface area (Å²) in [6.07, 6.45) is 0.257. The first-order valence-corrected chi connectivity index (χ1v) is 15.0. The number of halogens is 1. The zero-order chi connectivity index (χ0) is 29.4. The summed E-state index contributed by atoms with van der Waals surface area (Å²) in [5.74, 6) is -0.859. The second-order valence-electron chi connectivity index (χ2n) is 9.57. The van der Waals surface area contributed by atoms with Gasteiger partial charge in [0.15, 0.2) is 0 Å². The van der Waals surface area contributed by atoms with E-state index in [0.29, 0.717) is 10.7 Å². The number of amides is 2. The molecule has 0 aliphatic carbocycles. The number of aryl methyl sites for hydroxylation is 1. The Morgan fingerprint density at radius 2 is 1.41 bits per heavy atom. The first-order chi connectivity index (χ1) is 19.7. The van der Waals surface area contributed by atoms with E-state index in [-0.39, 0.29) is 23.8 Å². The fourth-order valence-corrected chi connectivity index (χ4v) is 6.09. The van der Waals surface area contributed by atoms with Crippen molar-refractivity contribution in [2.45, 2.75) is 30.8 Å². The monoisotopic (exact) mass is 589 g/mol. The topological polar surface area (TPSA) is 86.8 Å². The van der Waals surface area contributed by atoms with Crippen LogP contribution >= 0.6 is 11.6 Å². The van der Waals surface area contributed by atoms with Crippen LogP contribution in [0.4, 0.5) is 5.69 Å². The van der Waals surface area contributed by atoms with Crippen molar-refractivity contribution >= 4 is 39.1 Å². The number of nitrogens with one attached hydrogen (secondary N) is 1. The Morgan fingerprint density at radius 3 is 2.02 bits per heavy atom. The summed E-state index contributed by atoms with van der Waals surface area (Å²) in [6.45, 7) is 1.55. The second kappa shape index (κ2) is 13.5. The van der Waals surface area contributed by atoms with Crippen LogP contribution < -0.4 is 9.62 Å². The van der Waals surface area contributed by atoms with Gasteiger partial charge in [0.2, 0.25) is 11.8 Å². The van der Waals surface area contributed by atoms with E-state index in [4.69, 9.17) is 11.6 Å². The minimum Gasteiger partial charge on any atom is -0.357 e. The predicted octanol–water partition coefficient (Wildman–Crippen LogP) is 5.23. The molecule has 0 unspecified atom stereocenters. The summed E-state index contributed by atoms with van der Waals surface area (Å²) in [4.78, 5) is 29.0. The van der Waals surface area contributed by atoms with Crippen LogP contribution in [-0.2, 0) is 32.6 Å². The molecule has 0 fully saturated rings. The molecule has 1 atom stereocenters. The lowest BCUT2D eigenvalue weighted by molar-refractivity contribution is -0.139. The molecule has 0 radical (unpaired) electrons. The highest BCUT2D eigenvalue weighted by molar-refractivity contribution is 7.92. The van der Waals surface area contributed by atoms with E-state index in [0.717, 1.165) is 21.0 Å². The average Bonchev–Trinajstić information content (AvgIpc) is 2.99. The number of carbonyl (C=O) groups is 2. The summed E-state index contributed by atoms with van der Waals surface area (Å²) in [5, 5.41) is 3.08. The Balaban J connectivity index is 1.78. The molecule has 0 aromatic heterocycles. The molecule has 4 rings (SSSR count). The summed E-state index contributed by atoms with van der Waals surface area (Å²) >= 11 is 6.01. The number of anilines is 1. The Labute approximate surface area is 246 Å². The predicted molar refractivity (Wildman–Crippen MR) is 162 cm³/mol. The van der Waals surface area contributed by atoms with E-state index in [9.17, 15) is 18.0 Å². The number of likely N-dealkylation sites (N-methyl/N-ethyl adjacent to an activating group) is 1.